The van der Waals surface area contributed by atoms with Crippen molar-refractivity contribution < 1.29 is 18.3 Å². The van der Waals surface area contributed by atoms with Crippen LogP contribution >= 0.6 is 11.6 Å². The molecule has 0 saturated heterocycles. The molecule has 0 aliphatic rings. The fraction of sp³-hybridized carbons (Fsp3) is 0.333. The monoisotopic (exact) mass is 251 g/mol. The average Bonchev–Trinajstić information content (AvgIpc) is 2.16. The number of aromatic nitrogens is 1. The van der Waals surface area contributed by atoms with Gasteiger partial charge in [0.05, 0.1) is 6.61 Å². The van der Waals surface area contributed by atoms with Gasteiger partial charge < -0.3 is 9.72 Å². The summed E-state index contributed by atoms with van der Waals surface area (Å²) >= 11 is 5.43. The predicted molar refractivity (Wildman–Crippen MR) is 53.0 cm³/mol. The second kappa shape index (κ2) is 5.07. The summed E-state index contributed by atoms with van der Waals surface area (Å²) in [6.07, 6.45) is -2.99. The minimum absolute atomic E-state index is 0.106. The molecule has 1 N–H and O–H groups in total. The fourth-order valence-electron chi connectivity index (χ4n) is 1.06. The van der Waals surface area contributed by atoms with Gasteiger partial charge in [0, 0.05) is 6.07 Å². The molecule has 0 aromatic carbocycles. The van der Waals surface area contributed by atoms with Crippen LogP contribution in [0.15, 0.2) is 10.9 Å². The van der Waals surface area contributed by atoms with Crippen molar-refractivity contribution in [3.63, 3.8) is 0 Å². The van der Waals surface area contributed by atoms with E-state index in [1.165, 1.54) is 0 Å². The lowest BCUT2D eigenvalue weighted by Crippen LogP contribution is -2.16. The van der Waals surface area contributed by atoms with Gasteiger partial charge in [-0.15, -0.1) is 0 Å². The molecule has 16 heavy (non-hydrogen) atoms. The molecule has 0 radical (unpaired) electrons. The second-order valence-electron chi connectivity index (χ2n) is 2.80. The summed E-state index contributed by atoms with van der Waals surface area (Å²) in [6.45, 7) is 1.68. The minimum Gasteiger partial charge on any atom is -0.461 e. The van der Waals surface area contributed by atoms with E-state index in [4.69, 9.17) is 11.6 Å². The van der Waals surface area contributed by atoms with Gasteiger partial charge in [-0.2, -0.15) is 0 Å². The van der Waals surface area contributed by atoms with Crippen LogP contribution < -0.4 is 5.43 Å². The van der Waals surface area contributed by atoms with Crippen molar-refractivity contribution in [2.45, 2.75) is 13.3 Å². The maximum Gasteiger partial charge on any atom is 0.354 e. The van der Waals surface area contributed by atoms with Gasteiger partial charge in [-0.3, -0.25) is 4.79 Å². The number of H-pyrrole nitrogens is 1. The molecule has 0 fully saturated rings. The Bertz CT molecular complexity index is 459. The van der Waals surface area contributed by atoms with Crippen molar-refractivity contribution in [1.29, 1.82) is 0 Å². The minimum atomic E-state index is -2.99. The SMILES string of the molecule is CCOC(=O)c1cc(=O)c(C(F)F)c(Cl)[nH]1. The second-order valence-corrected chi connectivity index (χ2v) is 3.17. The molecule has 4 nitrogen and oxygen atoms in total. The Hall–Kier alpha value is -1.43. The van der Waals surface area contributed by atoms with Crippen molar-refractivity contribution in [3.05, 3.63) is 32.7 Å². The highest BCUT2D eigenvalue weighted by Gasteiger charge is 2.19. The topological polar surface area (TPSA) is 59.2 Å². The molecule has 1 rings (SSSR count). The van der Waals surface area contributed by atoms with Gasteiger partial charge in [0.1, 0.15) is 16.4 Å². The first-order valence-electron chi connectivity index (χ1n) is 4.35. The highest BCUT2D eigenvalue weighted by atomic mass is 35.5. The number of pyridine rings is 1. The van der Waals surface area contributed by atoms with Crippen LogP contribution in [0.3, 0.4) is 0 Å². The first-order chi connectivity index (χ1) is 7.47. The first-order valence-corrected chi connectivity index (χ1v) is 4.73. The predicted octanol–water partition coefficient (Wildman–Crippen LogP) is 2.14. The van der Waals surface area contributed by atoms with Gasteiger partial charge in [0.2, 0.25) is 0 Å². The molecule has 0 amide bonds. The van der Waals surface area contributed by atoms with Crippen molar-refractivity contribution in [2.75, 3.05) is 6.61 Å². The van der Waals surface area contributed by atoms with Gasteiger partial charge in [-0.25, -0.2) is 13.6 Å². The summed E-state index contributed by atoms with van der Waals surface area (Å²) in [5.74, 6) is -0.817. The fourth-order valence-corrected chi connectivity index (χ4v) is 1.34. The summed E-state index contributed by atoms with van der Waals surface area (Å²) in [7, 11) is 0. The number of nitrogens with one attached hydrogen (secondary N) is 1. The third kappa shape index (κ3) is 2.57. The van der Waals surface area contributed by atoms with E-state index in [1.54, 1.807) is 6.92 Å². The molecule has 0 unspecified atom stereocenters. The quantitative estimate of drug-likeness (QED) is 0.661. The number of halogens is 3. The number of esters is 1. The van der Waals surface area contributed by atoms with E-state index in [0.29, 0.717) is 0 Å². The molecule has 1 aromatic heterocycles. The Morgan fingerprint density at radius 2 is 2.25 bits per heavy atom. The molecular formula is C9H8ClF2NO3. The Kier molecular flexibility index (Phi) is 4.00. The van der Waals surface area contributed by atoms with Crippen LogP contribution in [0.5, 0.6) is 0 Å². The van der Waals surface area contributed by atoms with E-state index in [1.807, 2.05) is 0 Å². The van der Waals surface area contributed by atoms with E-state index in [2.05, 4.69) is 9.72 Å². The standard InChI is InChI=1S/C9H8ClF2NO3/c1-2-16-9(15)4-3-5(14)6(8(11)12)7(10)13-4/h3,8H,2H2,1H3,(H,13,14). The molecule has 0 aliphatic heterocycles. The maximum absolute atomic E-state index is 12.3. The summed E-state index contributed by atoms with van der Waals surface area (Å²) in [6, 6.07) is 0.741. The lowest BCUT2D eigenvalue weighted by molar-refractivity contribution is 0.0518. The molecule has 88 valence electrons. The van der Waals surface area contributed by atoms with Crippen molar-refractivity contribution in [3.8, 4) is 0 Å². The highest BCUT2D eigenvalue weighted by Crippen LogP contribution is 2.21. The zero-order chi connectivity index (χ0) is 12.3. The van der Waals surface area contributed by atoms with Crippen LogP contribution in [-0.4, -0.2) is 17.6 Å². The normalized spacial score (nSPS) is 10.6. The number of carbonyl (C=O) groups is 1. The third-order valence-corrected chi connectivity index (χ3v) is 2.03. The van der Waals surface area contributed by atoms with E-state index in [-0.39, 0.29) is 12.3 Å². The van der Waals surface area contributed by atoms with E-state index in [0.717, 1.165) is 6.07 Å². The zero-order valence-electron chi connectivity index (χ0n) is 8.22. The Morgan fingerprint density at radius 1 is 1.62 bits per heavy atom. The van der Waals surface area contributed by atoms with Crippen molar-refractivity contribution in [1.82, 2.24) is 4.98 Å². The molecular weight excluding hydrogens is 244 g/mol. The van der Waals surface area contributed by atoms with Gasteiger partial charge in [0.15, 0.2) is 5.43 Å². The van der Waals surface area contributed by atoms with Gasteiger partial charge in [-0.05, 0) is 6.92 Å². The lowest BCUT2D eigenvalue weighted by Gasteiger charge is -2.05. The molecule has 0 atom stereocenters. The summed E-state index contributed by atoms with van der Waals surface area (Å²) < 4.78 is 29.3. The van der Waals surface area contributed by atoms with E-state index in [9.17, 15) is 18.4 Å². The van der Waals surface area contributed by atoms with Crippen LogP contribution in [0.4, 0.5) is 8.78 Å². The van der Waals surface area contributed by atoms with Crippen LogP contribution in [0.25, 0.3) is 0 Å². The Morgan fingerprint density at radius 3 is 2.69 bits per heavy atom. The van der Waals surface area contributed by atoms with Gasteiger partial charge in [-0.1, -0.05) is 11.6 Å². The van der Waals surface area contributed by atoms with Crippen LogP contribution in [0, 0.1) is 0 Å². The number of rotatable bonds is 3. The van der Waals surface area contributed by atoms with Crippen LogP contribution in [0.1, 0.15) is 29.4 Å². The highest BCUT2D eigenvalue weighted by molar-refractivity contribution is 6.30. The molecule has 7 heteroatoms. The molecule has 1 heterocycles. The molecule has 0 saturated carbocycles. The number of hydrogen-bond acceptors (Lipinski definition) is 3. The average molecular weight is 252 g/mol. The number of ether oxygens (including phenoxy) is 1. The smallest absolute Gasteiger partial charge is 0.354 e. The largest absolute Gasteiger partial charge is 0.461 e. The van der Waals surface area contributed by atoms with Crippen LogP contribution in [-0.2, 0) is 4.74 Å². The van der Waals surface area contributed by atoms with Gasteiger partial charge in [0.25, 0.3) is 6.43 Å². The molecule has 0 spiro atoms. The van der Waals surface area contributed by atoms with Gasteiger partial charge >= 0.3 is 5.97 Å². The summed E-state index contributed by atoms with van der Waals surface area (Å²) in [5, 5.41) is -0.550. The van der Waals surface area contributed by atoms with Crippen molar-refractivity contribution >= 4 is 17.6 Å². The number of hydrogen-bond donors (Lipinski definition) is 1. The summed E-state index contributed by atoms with van der Waals surface area (Å²) in [5.41, 5.74) is -2.10. The maximum atomic E-state index is 12.3. The van der Waals surface area contributed by atoms with E-state index < -0.39 is 28.5 Å². The number of aromatic amines is 1. The zero-order valence-corrected chi connectivity index (χ0v) is 8.98. The van der Waals surface area contributed by atoms with Crippen LogP contribution in [0.2, 0.25) is 5.15 Å². The summed E-state index contributed by atoms with van der Waals surface area (Å²) in [4.78, 5) is 24.6. The third-order valence-electron chi connectivity index (χ3n) is 1.74. The van der Waals surface area contributed by atoms with E-state index >= 15 is 0 Å². The Labute approximate surface area is 94.2 Å². The number of carbonyl (C=O) groups excluding carboxylic acids is 1. The lowest BCUT2D eigenvalue weighted by atomic mass is 10.2. The van der Waals surface area contributed by atoms with Crippen molar-refractivity contribution in [2.24, 2.45) is 0 Å². The molecule has 0 aliphatic carbocycles. The molecule has 1 aromatic rings. The first kappa shape index (κ1) is 12.6. The molecule has 0 bridgehead atoms. The number of alkyl halides is 2. The Balaban J connectivity index is 3.20.